The standard InChI is InChI=1S/C21H26N4O2/c1-2-16-15-22-21(27)25(16)19-5-3-17(4-6-19)23-11-13-24(14-12-23)18-7-9-20(26)10-8-18/h3-10,16,26H,2,11-15H2,1H3,(H,22,27). The number of anilines is 3. The van der Waals surface area contributed by atoms with E-state index in [0.29, 0.717) is 5.75 Å². The Bertz CT molecular complexity index is 783. The van der Waals surface area contributed by atoms with Crippen LogP contribution in [0.1, 0.15) is 13.3 Å². The largest absolute Gasteiger partial charge is 0.508 e. The Labute approximate surface area is 160 Å². The van der Waals surface area contributed by atoms with Crippen molar-refractivity contribution < 1.29 is 9.90 Å². The maximum atomic E-state index is 12.1. The molecule has 6 nitrogen and oxygen atoms in total. The van der Waals surface area contributed by atoms with Gasteiger partial charge in [0, 0.05) is 49.8 Å². The second kappa shape index (κ2) is 7.39. The van der Waals surface area contributed by atoms with Gasteiger partial charge in [0.1, 0.15) is 5.75 Å². The van der Waals surface area contributed by atoms with Crippen LogP contribution in [0.3, 0.4) is 0 Å². The number of aromatic hydroxyl groups is 1. The number of phenolic OH excluding ortho intramolecular Hbond substituents is 1. The van der Waals surface area contributed by atoms with Gasteiger partial charge >= 0.3 is 6.03 Å². The summed E-state index contributed by atoms with van der Waals surface area (Å²) in [5.74, 6) is 0.300. The molecule has 0 aliphatic carbocycles. The number of benzene rings is 2. The zero-order valence-corrected chi connectivity index (χ0v) is 15.6. The molecular formula is C21H26N4O2. The number of carbonyl (C=O) groups excluding carboxylic acids is 1. The smallest absolute Gasteiger partial charge is 0.322 e. The van der Waals surface area contributed by atoms with Gasteiger partial charge in [0.05, 0.1) is 6.04 Å². The lowest BCUT2D eigenvalue weighted by atomic mass is 10.1. The Morgan fingerprint density at radius 3 is 1.89 bits per heavy atom. The van der Waals surface area contributed by atoms with Gasteiger partial charge in [0.2, 0.25) is 0 Å². The van der Waals surface area contributed by atoms with Crippen molar-refractivity contribution in [2.45, 2.75) is 19.4 Å². The Hall–Kier alpha value is -2.89. The predicted molar refractivity (Wildman–Crippen MR) is 109 cm³/mol. The first-order chi connectivity index (χ1) is 13.2. The highest BCUT2D eigenvalue weighted by Crippen LogP contribution is 2.27. The highest BCUT2D eigenvalue weighted by atomic mass is 16.3. The van der Waals surface area contributed by atoms with E-state index in [9.17, 15) is 9.90 Å². The van der Waals surface area contributed by atoms with Crippen LogP contribution in [-0.4, -0.2) is 49.9 Å². The average molecular weight is 366 g/mol. The molecule has 0 bridgehead atoms. The van der Waals surface area contributed by atoms with Crippen molar-refractivity contribution in [1.82, 2.24) is 5.32 Å². The van der Waals surface area contributed by atoms with E-state index in [4.69, 9.17) is 0 Å². The zero-order chi connectivity index (χ0) is 18.8. The van der Waals surface area contributed by atoms with E-state index in [1.807, 2.05) is 17.0 Å². The topological polar surface area (TPSA) is 59.1 Å². The molecule has 0 spiro atoms. The summed E-state index contributed by atoms with van der Waals surface area (Å²) in [6.45, 7) is 6.61. The van der Waals surface area contributed by atoms with Gasteiger partial charge in [-0.15, -0.1) is 0 Å². The first-order valence-electron chi connectivity index (χ1n) is 9.62. The van der Waals surface area contributed by atoms with Crippen LogP contribution in [0.5, 0.6) is 5.75 Å². The number of hydrogen-bond donors (Lipinski definition) is 2. The number of carbonyl (C=O) groups is 1. The van der Waals surface area contributed by atoms with Gasteiger partial charge in [-0.1, -0.05) is 6.92 Å². The number of nitrogens with one attached hydrogen (secondary N) is 1. The molecule has 2 heterocycles. The SMILES string of the molecule is CCC1CNC(=O)N1c1ccc(N2CCN(c3ccc(O)cc3)CC2)cc1. The summed E-state index contributed by atoms with van der Waals surface area (Å²) in [5, 5.41) is 12.4. The number of hydrogen-bond acceptors (Lipinski definition) is 4. The summed E-state index contributed by atoms with van der Waals surface area (Å²) in [6, 6.07) is 16.0. The Morgan fingerprint density at radius 1 is 0.889 bits per heavy atom. The van der Waals surface area contributed by atoms with Gasteiger partial charge in [-0.05, 0) is 55.0 Å². The second-order valence-electron chi connectivity index (χ2n) is 7.13. The summed E-state index contributed by atoms with van der Waals surface area (Å²) >= 11 is 0. The third kappa shape index (κ3) is 3.52. The van der Waals surface area contributed by atoms with Crippen LogP contribution >= 0.6 is 0 Å². The third-order valence-corrected chi connectivity index (χ3v) is 5.53. The molecule has 2 saturated heterocycles. The number of nitrogens with zero attached hydrogens (tertiary/aromatic N) is 3. The number of phenols is 1. The molecule has 2 aliphatic rings. The van der Waals surface area contributed by atoms with Crippen molar-refractivity contribution in [1.29, 1.82) is 0 Å². The molecule has 2 fully saturated rings. The molecule has 1 unspecified atom stereocenters. The maximum absolute atomic E-state index is 12.1. The molecular weight excluding hydrogens is 340 g/mol. The summed E-state index contributed by atoms with van der Waals surface area (Å²) in [4.78, 5) is 18.7. The Morgan fingerprint density at radius 2 is 1.37 bits per heavy atom. The van der Waals surface area contributed by atoms with E-state index in [1.165, 1.54) is 5.69 Å². The minimum Gasteiger partial charge on any atom is -0.508 e. The summed E-state index contributed by atoms with van der Waals surface area (Å²) < 4.78 is 0. The number of amides is 2. The molecule has 0 radical (unpaired) electrons. The molecule has 142 valence electrons. The van der Waals surface area contributed by atoms with Gasteiger partial charge in [-0.25, -0.2) is 4.79 Å². The second-order valence-corrected chi connectivity index (χ2v) is 7.13. The van der Waals surface area contributed by atoms with Crippen LogP contribution in [0.2, 0.25) is 0 Å². The third-order valence-electron chi connectivity index (χ3n) is 5.53. The lowest BCUT2D eigenvalue weighted by Crippen LogP contribution is -2.46. The Kier molecular flexibility index (Phi) is 4.79. The lowest BCUT2D eigenvalue weighted by molar-refractivity contribution is 0.251. The van der Waals surface area contributed by atoms with Crippen molar-refractivity contribution in [2.75, 3.05) is 47.4 Å². The minimum atomic E-state index is -0.00267. The van der Waals surface area contributed by atoms with Crippen molar-refractivity contribution in [3.63, 3.8) is 0 Å². The van der Waals surface area contributed by atoms with Crippen LogP contribution in [0, 0.1) is 0 Å². The van der Waals surface area contributed by atoms with E-state index < -0.39 is 0 Å². The van der Waals surface area contributed by atoms with Crippen LogP contribution in [-0.2, 0) is 0 Å². The fraction of sp³-hybridized carbons (Fsp3) is 0.381. The van der Waals surface area contributed by atoms with E-state index in [-0.39, 0.29) is 12.1 Å². The van der Waals surface area contributed by atoms with Gasteiger partial charge < -0.3 is 20.2 Å². The molecule has 4 rings (SSSR count). The number of urea groups is 1. The molecule has 0 aromatic heterocycles. The minimum absolute atomic E-state index is 0.00267. The fourth-order valence-corrected chi connectivity index (χ4v) is 3.91. The molecule has 0 saturated carbocycles. The quantitative estimate of drug-likeness (QED) is 0.873. The summed E-state index contributed by atoms with van der Waals surface area (Å²) in [6.07, 6.45) is 0.944. The van der Waals surface area contributed by atoms with Gasteiger partial charge in [0.25, 0.3) is 0 Å². The van der Waals surface area contributed by atoms with E-state index in [1.54, 1.807) is 12.1 Å². The molecule has 6 heteroatoms. The average Bonchev–Trinajstić information content (AvgIpc) is 3.09. The molecule has 27 heavy (non-hydrogen) atoms. The van der Waals surface area contributed by atoms with Crippen LogP contribution in [0.25, 0.3) is 0 Å². The monoisotopic (exact) mass is 366 g/mol. The molecule has 2 amide bonds. The summed E-state index contributed by atoms with van der Waals surface area (Å²) in [5.41, 5.74) is 3.30. The molecule has 2 aromatic carbocycles. The lowest BCUT2D eigenvalue weighted by Gasteiger charge is -2.37. The summed E-state index contributed by atoms with van der Waals surface area (Å²) in [7, 11) is 0. The van der Waals surface area contributed by atoms with E-state index in [2.05, 4.69) is 46.3 Å². The Balaban J connectivity index is 1.40. The van der Waals surface area contributed by atoms with E-state index in [0.717, 1.165) is 50.5 Å². The van der Waals surface area contributed by atoms with Gasteiger partial charge in [0.15, 0.2) is 0 Å². The number of rotatable bonds is 4. The van der Waals surface area contributed by atoms with Crippen molar-refractivity contribution in [2.24, 2.45) is 0 Å². The van der Waals surface area contributed by atoms with Crippen LogP contribution in [0.4, 0.5) is 21.9 Å². The van der Waals surface area contributed by atoms with Crippen LogP contribution in [0.15, 0.2) is 48.5 Å². The fourth-order valence-electron chi connectivity index (χ4n) is 3.91. The van der Waals surface area contributed by atoms with Crippen molar-refractivity contribution in [3.05, 3.63) is 48.5 Å². The highest BCUT2D eigenvalue weighted by Gasteiger charge is 2.30. The maximum Gasteiger partial charge on any atom is 0.322 e. The normalized spacial score (nSPS) is 20.1. The molecule has 2 aliphatic heterocycles. The highest BCUT2D eigenvalue weighted by molar-refractivity contribution is 5.95. The molecule has 2 aromatic rings. The molecule has 1 atom stereocenters. The van der Waals surface area contributed by atoms with E-state index >= 15 is 0 Å². The first kappa shape index (κ1) is 17.5. The van der Waals surface area contributed by atoms with Gasteiger partial charge in [-0.2, -0.15) is 0 Å². The van der Waals surface area contributed by atoms with Crippen molar-refractivity contribution in [3.8, 4) is 5.75 Å². The first-order valence-corrected chi connectivity index (χ1v) is 9.62. The van der Waals surface area contributed by atoms with Crippen LogP contribution < -0.4 is 20.0 Å². The molecule has 2 N–H and O–H groups in total. The zero-order valence-electron chi connectivity index (χ0n) is 15.6. The van der Waals surface area contributed by atoms with Gasteiger partial charge in [-0.3, -0.25) is 4.90 Å². The van der Waals surface area contributed by atoms with Crippen molar-refractivity contribution >= 4 is 23.1 Å². The predicted octanol–water partition coefficient (Wildman–Crippen LogP) is 3.03. The number of piperazine rings is 1.